The van der Waals surface area contributed by atoms with E-state index in [2.05, 4.69) is 14.9 Å². The Morgan fingerprint density at radius 2 is 2.28 bits per heavy atom. The number of nitrogens with zero attached hydrogens (tertiary/aromatic N) is 2. The Balaban J connectivity index is 1.73. The van der Waals surface area contributed by atoms with Gasteiger partial charge >= 0.3 is 0 Å². The summed E-state index contributed by atoms with van der Waals surface area (Å²) in [5.41, 5.74) is 1.84. The number of benzene rings is 1. The van der Waals surface area contributed by atoms with E-state index in [1.165, 1.54) is 18.9 Å². The Morgan fingerprint density at radius 1 is 1.39 bits per heavy atom. The van der Waals surface area contributed by atoms with Gasteiger partial charge in [-0.3, -0.25) is 0 Å². The van der Waals surface area contributed by atoms with Gasteiger partial charge in [0.15, 0.2) is 0 Å². The number of imidazole rings is 1. The summed E-state index contributed by atoms with van der Waals surface area (Å²) in [7, 11) is 0. The normalized spacial score (nSPS) is 14.9. The third-order valence-electron chi connectivity index (χ3n) is 3.20. The predicted octanol–water partition coefficient (Wildman–Crippen LogP) is 2.44. The summed E-state index contributed by atoms with van der Waals surface area (Å²) in [6.45, 7) is 1.80. The highest BCUT2D eigenvalue weighted by molar-refractivity contribution is 5.58. The lowest BCUT2D eigenvalue weighted by Gasteiger charge is -2.09. The third kappa shape index (κ3) is 2.59. The van der Waals surface area contributed by atoms with Crippen molar-refractivity contribution in [3.8, 4) is 11.3 Å². The first-order chi connectivity index (χ1) is 8.83. The van der Waals surface area contributed by atoms with Crippen molar-refractivity contribution in [2.45, 2.75) is 25.4 Å². The molecule has 0 bridgehead atoms. The summed E-state index contributed by atoms with van der Waals surface area (Å²) in [4.78, 5) is 4.15. The predicted molar refractivity (Wildman–Crippen MR) is 68.6 cm³/mol. The van der Waals surface area contributed by atoms with Gasteiger partial charge in [-0.25, -0.2) is 9.37 Å². The second kappa shape index (κ2) is 4.90. The van der Waals surface area contributed by atoms with Gasteiger partial charge in [-0.15, -0.1) is 0 Å². The van der Waals surface area contributed by atoms with E-state index in [9.17, 15) is 4.39 Å². The lowest BCUT2D eigenvalue weighted by Crippen LogP contribution is -2.21. The van der Waals surface area contributed by atoms with Crippen LogP contribution in [-0.4, -0.2) is 22.1 Å². The maximum atomic E-state index is 13.2. The third-order valence-corrected chi connectivity index (χ3v) is 3.20. The molecule has 1 fully saturated rings. The molecule has 1 saturated carbocycles. The van der Waals surface area contributed by atoms with Gasteiger partial charge in [-0.1, -0.05) is 12.1 Å². The smallest absolute Gasteiger partial charge is 0.123 e. The average Bonchev–Trinajstić information content (AvgIpc) is 3.06. The highest BCUT2D eigenvalue weighted by Crippen LogP contribution is 2.20. The molecule has 2 aromatic rings. The van der Waals surface area contributed by atoms with Crippen LogP contribution in [-0.2, 0) is 6.54 Å². The zero-order valence-corrected chi connectivity index (χ0v) is 10.1. The lowest BCUT2D eigenvalue weighted by molar-refractivity contribution is 0.597. The average molecular weight is 245 g/mol. The topological polar surface area (TPSA) is 29.9 Å². The van der Waals surface area contributed by atoms with Crippen molar-refractivity contribution in [3.63, 3.8) is 0 Å². The van der Waals surface area contributed by atoms with E-state index >= 15 is 0 Å². The van der Waals surface area contributed by atoms with E-state index < -0.39 is 0 Å². The van der Waals surface area contributed by atoms with Crippen LogP contribution in [0.2, 0.25) is 0 Å². The van der Waals surface area contributed by atoms with Crippen LogP contribution in [0.1, 0.15) is 12.8 Å². The summed E-state index contributed by atoms with van der Waals surface area (Å²) < 4.78 is 15.3. The van der Waals surface area contributed by atoms with Crippen molar-refractivity contribution in [2.75, 3.05) is 6.54 Å². The van der Waals surface area contributed by atoms with E-state index in [-0.39, 0.29) is 5.82 Å². The highest BCUT2D eigenvalue weighted by atomic mass is 19.1. The van der Waals surface area contributed by atoms with Crippen LogP contribution < -0.4 is 5.32 Å². The largest absolute Gasteiger partial charge is 0.329 e. The molecule has 0 spiro atoms. The molecule has 4 heteroatoms. The van der Waals surface area contributed by atoms with Crippen molar-refractivity contribution in [3.05, 3.63) is 42.6 Å². The number of hydrogen-bond donors (Lipinski definition) is 1. The van der Waals surface area contributed by atoms with Gasteiger partial charge in [-0.2, -0.15) is 0 Å². The molecule has 1 aliphatic carbocycles. The summed E-state index contributed by atoms with van der Waals surface area (Å²) >= 11 is 0. The van der Waals surface area contributed by atoms with E-state index in [1.54, 1.807) is 24.7 Å². The molecule has 1 aliphatic rings. The highest BCUT2D eigenvalue weighted by Gasteiger charge is 2.19. The van der Waals surface area contributed by atoms with Crippen LogP contribution in [0.4, 0.5) is 4.39 Å². The molecule has 94 valence electrons. The molecule has 18 heavy (non-hydrogen) atoms. The first kappa shape index (κ1) is 11.4. The molecular weight excluding hydrogens is 229 g/mol. The molecule has 3 nitrogen and oxygen atoms in total. The van der Waals surface area contributed by atoms with Gasteiger partial charge in [0.05, 0.1) is 18.2 Å². The summed E-state index contributed by atoms with van der Waals surface area (Å²) in [5, 5.41) is 3.46. The monoisotopic (exact) mass is 245 g/mol. The minimum atomic E-state index is -0.212. The van der Waals surface area contributed by atoms with Crippen LogP contribution in [0, 0.1) is 5.82 Å². The summed E-state index contributed by atoms with van der Waals surface area (Å²) in [6, 6.07) is 7.35. The first-order valence-electron chi connectivity index (χ1n) is 6.32. The molecule has 0 saturated heterocycles. The van der Waals surface area contributed by atoms with Gasteiger partial charge in [0.25, 0.3) is 0 Å². The van der Waals surface area contributed by atoms with Crippen molar-refractivity contribution < 1.29 is 4.39 Å². The van der Waals surface area contributed by atoms with Gasteiger partial charge in [0.2, 0.25) is 0 Å². The standard InChI is InChI=1S/C14H16FN3/c15-12-3-1-2-11(8-12)14-9-16-10-18(14)7-6-17-13-4-5-13/h1-3,8-10,13,17H,4-7H2. The molecule has 3 rings (SSSR count). The molecule has 0 aliphatic heterocycles. The van der Waals surface area contributed by atoms with E-state index in [0.29, 0.717) is 6.04 Å². The molecule has 0 amide bonds. The molecule has 0 atom stereocenters. The molecular formula is C14H16FN3. The first-order valence-corrected chi connectivity index (χ1v) is 6.32. The fourth-order valence-electron chi connectivity index (χ4n) is 2.06. The quantitative estimate of drug-likeness (QED) is 0.876. The minimum absolute atomic E-state index is 0.212. The zero-order valence-electron chi connectivity index (χ0n) is 10.1. The van der Waals surface area contributed by atoms with Gasteiger partial charge < -0.3 is 9.88 Å². The van der Waals surface area contributed by atoms with Crippen molar-refractivity contribution >= 4 is 0 Å². The van der Waals surface area contributed by atoms with E-state index in [0.717, 1.165) is 24.3 Å². The molecule has 1 aromatic heterocycles. The van der Waals surface area contributed by atoms with Gasteiger partial charge in [0, 0.05) is 24.7 Å². The van der Waals surface area contributed by atoms with Crippen LogP contribution in [0.3, 0.4) is 0 Å². The molecule has 1 heterocycles. The molecule has 0 radical (unpaired) electrons. The van der Waals surface area contributed by atoms with Gasteiger partial charge in [-0.05, 0) is 25.0 Å². The molecule has 1 N–H and O–H groups in total. The molecule has 0 unspecified atom stereocenters. The zero-order chi connectivity index (χ0) is 12.4. The molecule has 1 aromatic carbocycles. The summed E-state index contributed by atoms with van der Waals surface area (Å²) in [6.07, 6.45) is 6.17. The number of aromatic nitrogens is 2. The Kier molecular flexibility index (Phi) is 3.11. The van der Waals surface area contributed by atoms with Crippen LogP contribution in [0.5, 0.6) is 0 Å². The maximum Gasteiger partial charge on any atom is 0.123 e. The fourth-order valence-corrected chi connectivity index (χ4v) is 2.06. The maximum absolute atomic E-state index is 13.2. The van der Waals surface area contributed by atoms with E-state index in [1.807, 2.05) is 6.07 Å². The van der Waals surface area contributed by atoms with Gasteiger partial charge in [0.1, 0.15) is 5.82 Å². The SMILES string of the molecule is Fc1cccc(-c2cncn2CCNC2CC2)c1. The number of hydrogen-bond acceptors (Lipinski definition) is 2. The number of halogens is 1. The Hall–Kier alpha value is -1.68. The summed E-state index contributed by atoms with van der Waals surface area (Å²) in [5.74, 6) is -0.212. The second-order valence-electron chi connectivity index (χ2n) is 4.71. The minimum Gasteiger partial charge on any atom is -0.329 e. The number of rotatable bonds is 5. The second-order valence-corrected chi connectivity index (χ2v) is 4.71. The number of nitrogens with one attached hydrogen (secondary N) is 1. The fraction of sp³-hybridized carbons (Fsp3) is 0.357. The van der Waals surface area contributed by atoms with E-state index in [4.69, 9.17) is 0 Å². The van der Waals surface area contributed by atoms with Crippen LogP contribution >= 0.6 is 0 Å². The Morgan fingerprint density at radius 3 is 3.06 bits per heavy atom. The van der Waals surface area contributed by atoms with Crippen molar-refractivity contribution in [2.24, 2.45) is 0 Å². The lowest BCUT2D eigenvalue weighted by atomic mass is 10.1. The Bertz CT molecular complexity index is 531. The van der Waals surface area contributed by atoms with Crippen molar-refractivity contribution in [1.29, 1.82) is 0 Å². The van der Waals surface area contributed by atoms with Crippen LogP contribution in [0.15, 0.2) is 36.8 Å². The van der Waals surface area contributed by atoms with Crippen LogP contribution in [0.25, 0.3) is 11.3 Å². The van der Waals surface area contributed by atoms with Crippen molar-refractivity contribution in [1.82, 2.24) is 14.9 Å². The Labute approximate surface area is 106 Å².